The van der Waals surface area contributed by atoms with E-state index in [1.807, 2.05) is 51.1 Å². The zero-order valence-electron chi connectivity index (χ0n) is 31.4. The number of carbonyl (C=O) groups is 2. The lowest BCUT2D eigenvalue weighted by atomic mass is 9.94. The fraction of sp³-hybridized carbons (Fsp3) is 0.395. The van der Waals surface area contributed by atoms with Gasteiger partial charge >= 0.3 is 0 Å². The number of para-hydroxylation sites is 1. The molecule has 8 nitrogen and oxygen atoms in total. The molecule has 282 valence electrons. The molecule has 1 heterocycles. The van der Waals surface area contributed by atoms with Crippen molar-refractivity contribution in [3.63, 3.8) is 0 Å². The van der Waals surface area contributed by atoms with E-state index in [1.54, 1.807) is 42.3 Å². The first-order chi connectivity index (χ1) is 25.4. The zero-order valence-corrected chi connectivity index (χ0v) is 32.1. The van der Waals surface area contributed by atoms with E-state index in [0.29, 0.717) is 52.1 Å². The molecule has 53 heavy (non-hydrogen) atoms. The highest BCUT2D eigenvalue weighted by molar-refractivity contribution is 6.30. The number of rotatable bonds is 16. The number of aryl methyl sites for hydroxylation is 1. The van der Waals surface area contributed by atoms with Gasteiger partial charge in [-0.3, -0.25) is 9.59 Å². The van der Waals surface area contributed by atoms with E-state index >= 15 is 0 Å². The highest BCUT2D eigenvalue weighted by Crippen LogP contribution is 2.45. The predicted molar refractivity (Wildman–Crippen MR) is 208 cm³/mol. The molecule has 2 unspecified atom stereocenters. The van der Waals surface area contributed by atoms with Gasteiger partial charge in [0.2, 0.25) is 5.91 Å². The summed E-state index contributed by atoms with van der Waals surface area (Å²) in [6, 6.07) is 27.7. The summed E-state index contributed by atoms with van der Waals surface area (Å²) in [7, 11) is 3.70. The lowest BCUT2D eigenvalue weighted by Crippen LogP contribution is -2.45. The van der Waals surface area contributed by atoms with E-state index in [1.165, 1.54) is 11.6 Å². The van der Waals surface area contributed by atoms with Gasteiger partial charge in [0, 0.05) is 47.0 Å². The normalized spacial score (nSPS) is 15.9. The summed E-state index contributed by atoms with van der Waals surface area (Å²) in [6.45, 7) is 8.81. The minimum atomic E-state index is -1.17. The van der Waals surface area contributed by atoms with Crippen molar-refractivity contribution < 1.29 is 28.2 Å². The van der Waals surface area contributed by atoms with Gasteiger partial charge in [0.15, 0.2) is 11.5 Å². The molecule has 0 bridgehead atoms. The standard InChI is InChI=1S/C43H51ClFN3O5/c1-43(2,3)29-48-36-22-21-32(44)26-34(36)40(53-38(42(48)50)27-39(49)46-28-31-17-9-10-19-35(31)45)33-18-11-20-37(41(33)51-5)52-25-13-24-47(4)23-12-16-30-14-7-6-8-15-30/h6-11,14-15,17-22,26,38,40H,12-13,16,23-25,27-29H2,1-5H3,(H,46,49). The minimum absolute atomic E-state index is 0.0198. The Kier molecular flexibility index (Phi) is 13.9. The van der Waals surface area contributed by atoms with Crippen LogP contribution in [0.25, 0.3) is 0 Å². The van der Waals surface area contributed by atoms with E-state index in [4.69, 9.17) is 25.8 Å². The van der Waals surface area contributed by atoms with Crippen LogP contribution in [0.5, 0.6) is 11.5 Å². The van der Waals surface area contributed by atoms with Crippen molar-refractivity contribution in [2.24, 2.45) is 5.41 Å². The number of halogens is 2. The summed E-state index contributed by atoms with van der Waals surface area (Å²) >= 11 is 6.60. The van der Waals surface area contributed by atoms with E-state index in [-0.39, 0.29) is 24.3 Å². The van der Waals surface area contributed by atoms with Crippen molar-refractivity contribution in [3.8, 4) is 11.5 Å². The fourth-order valence-electron chi connectivity index (χ4n) is 6.56. The van der Waals surface area contributed by atoms with Gasteiger partial charge in [-0.05, 0) is 74.2 Å². The molecule has 0 spiro atoms. The molecule has 1 aliphatic heterocycles. The Labute approximate surface area is 318 Å². The van der Waals surface area contributed by atoms with E-state index in [2.05, 4.69) is 41.5 Å². The van der Waals surface area contributed by atoms with Gasteiger partial charge in [0.25, 0.3) is 5.91 Å². The van der Waals surface area contributed by atoms with Crippen LogP contribution in [0, 0.1) is 11.2 Å². The summed E-state index contributed by atoms with van der Waals surface area (Å²) in [5, 5.41) is 3.24. The van der Waals surface area contributed by atoms with Crippen molar-refractivity contribution in [1.29, 1.82) is 0 Å². The number of ether oxygens (including phenoxy) is 3. The second-order valence-electron chi connectivity index (χ2n) is 14.7. The quantitative estimate of drug-likeness (QED) is 0.116. The molecule has 0 saturated heterocycles. The van der Waals surface area contributed by atoms with Crippen LogP contribution in [0.1, 0.15) is 68.4 Å². The monoisotopic (exact) mass is 743 g/mol. The molecule has 1 N–H and O–H groups in total. The number of hydrogen-bond donors (Lipinski definition) is 1. The van der Waals surface area contributed by atoms with Crippen molar-refractivity contribution in [3.05, 3.63) is 124 Å². The Bertz CT molecular complexity index is 1830. The molecule has 2 atom stereocenters. The van der Waals surface area contributed by atoms with Crippen LogP contribution in [0.3, 0.4) is 0 Å². The maximum absolute atomic E-state index is 14.4. The second-order valence-corrected chi connectivity index (χ2v) is 15.2. The summed E-state index contributed by atoms with van der Waals surface area (Å²) in [6.07, 6.45) is 0.658. The highest BCUT2D eigenvalue weighted by Gasteiger charge is 2.40. The van der Waals surface area contributed by atoms with Gasteiger partial charge in [0.05, 0.1) is 20.1 Å². The van der Waals surface area contributed by atoms with Gasteiger partial charge in [-0.2, -0.15) is 0 Å². The Morgan fingerprint density at radius 2 is 1.70 bits per heavy atom. The Morgan fingerprint density at radius 3 is 2.43 bits per heavy atom. The lowest BCUT2D eigenvalue weighted by Gasteiger charge is -2.31. The first kappa shape index (κ1) is 39.8. The number of nitrogens with one attached hydrogen (secondary N) is 1. The van der Waals surface area contributed by atoms with Crippen LogP contribution >= 0.6 is 11.6 Å². The average molecular weight is 744 g/mol. The highest BCUT2D eigenvalue weighted by atomic mass is 35.5. The first-order valence-corrected chi connectivity index (χ1v) is 18.6. The molecule has 2 amide bonds. The Morgan fingerprint density at radius 1 is 0.962 bits per heavy atom. The van der Waals surface area contributed by atoms with Crippen molar-refractivity contribution >= 4 is 29.1 Å². The summed E-state index contributed by atoms with van der Waals surface area (Å²) in [5.74, 6) is -0.201. The van der Waals surface area contributed by atoms with Gasteiger partial charge in [-0.1, -0.05) is 93.0 Å². The molecular weight excluding hydrogens is 693 g/mol. The molecule has 0 fully saturated rings. The largest absolute Gasteiger partial charge is 0.492 e. The topological polar surface area (TPSA) is 80.3 Å². The number of amides is 2. The molecule has 10 heteroatoms. The van der Waals surface area contributed by atoms with Crippen molar-refractivity contribution in [2.45, 2.75) is 65.2 Å². The average Bonchev–Trinajstić information content (AvgIpc) is 3.23. The SMILES string of the molecule is COc1c(OCCCN(C)CCCc2ccccc2)cccc1C1OC(CC(=O)NCc2ccccc2F)C(=O)N(CC(C)(C)C)c2ccc(Cl)cc21. The lowest BCUT2D eigenvalue weighted by molar-refractivity contribution is -0.138. The first-order valence-electron chi connectivity index (χ1n) is 18.2. The fourth-order valence-corrected chi connectivity index (χ4v) is 6.74. The molecule has 0 aliphatic carbocycles. The van der Waals surface area contributed by atoms with Crippen LogP contribution in [-0.2, 0) is 27.3 Å². The predicted octanol–water partition coefficient (Wildman–Crippen LogP) is 8.40. The maximum Gasteiger partial charge on any atom is 0.256 e. The number of fused-ring (bicyclic) bond motifs is 1. The number of methoxy groups -OCH3 is 1. The van der Waals surface area contributed by atoms with E-state index < -0.39 is 23.9 Å². The van der Waals surface area contributed by atoms with Crippen LogP contribution < -0.4 is 19.7 Å². The smallest absolute Gasteiger partial charge is 0.256 e. The van der Waals surface area contributed by atoms with Gasteiger partial charge in [-0.15, -0.1) is 0 Å². The molecular formula is C43H51ClFN3O5. The summed E-state index contributed by atoms with van der Waals surface area (Å²) < 4.78 is 33.3. The zero-order chi connectivity index (χ0) is 38.0. The number of carbonyl (C=O) groups excluding carboxylic acids is 2. The van der Waals surface area contributed by atoms with Crippen molar-refractivity contribution in [2.75, 3.05) is 45.3 Å². The van der Waals surface area contributed by atoms with Crippen LogP contribution in [0.4, 0.5) is 10.1 Å². The number of benzene rings is 4. The molecule has 0 radical (unpaired) electrons. The number of hydrogen-bond acceptors (Lipinski definition) is 6. The van der Waals surface area contributed by atoms with Gasteiger partial charge in [0.1, 0.15) is 18.0 Å². The summed E-state index contributed by atoms with van der Waals surface area (Å²) in [5.41, 5.74) is 3.34. The van der Waals surface area contributed by atoms with Gasteiger partial charge < -0.3 is 29.3 Å². The van der Waals surface area contributed by atoms with E-state index in [0.717, 1.165) is 32.4 Å². The molecule has 4 aromatic rings. The van der Waals surface area contributed by atoms with Crippen LogP contribution in [-0.4, -0.2) is 63.2 Å². The van der Waals surface area contributed by atoms with Gasteiger partial charge in [-0.25, -0.2) is 4.39 Å². The second kappa shape index (κ2) is 18.5. The summed E-state index contributed by atoms with van der Waals surface area (Å²) in [4.78, 5) is 31.7. The number of nitrogens with zero attached hydrogens (tertiary/aromatic N) is 2. The maximum atomic E-state index is 14.4. The van der Waals surface area contributed by atoms with Crippen LogP contribution in [0.2, 0.25) is 5.02 Å². The minimum Gasteiger partial charge on any atom is -0.492 e. The molecule has 5 rings (SSSR count). The third-order valence-corrected chi connectivity index (χ3v) is 9.36. The molecule has 0 aromatic heterocycles. The third-order valence-electron chi connectivity index (χ3n) is 9.13. The van der Waals surface area contributed by atoms with Crippen LogP contribution in [0.15, 0.2) is 91.0 Å². The molecule has 0 saturated carbocycles. The Hall–Kier alpha value is -4.44. The molecule has 4 aromatic carbocycles. The van der Waals surface area contributed by atoms with Crippen molar-refractivity contribution in [1.82, 2.24) is 10.2 Å². The third kappa shape index (κ3) is 11.0. The Balaban J connectivity index is 1.36. The molecule has 1 aliphatic rings. The number of anilines is 1. The van der Waals surface area contributed by atoms with E-state index in [9.17, 15) is 14.0 Å².